The minimum atomic E-state index is -1.15. The zero-order chi connectivity index (χ0) is 28.9. The lowest BCUT2D eigenvalue weighted by atomic mass is 9.86. The molecule has 40 heavy (non-hydrogen) atoms. The number of amides is 1. The summed E-state index contributed by atoms with van der Waals surface area (Å²) in [6, 6.07) is 25.3. The van der Waals surface area contributed by atoms with Crippen molar-refractivity contribution in [3.8, 4) is 16.9 Å². The van der Waals surface area contributed by atoms with Gasteiger partial charge in [-0.15, -0.1) is 0 Å². The molecular formula is C33H30FNO5. The van der Waals surface area contributed by atoms with E-state index in [2.05, 4.69) is 26.1 Å². The molecule has 7 heteroatoms. The highest BCUT2D eigenvalue weighted by Crippen LogP contribution is 2.23. The van der Waals surface area contributed by atoms with Crippen LogP contribution in [0.2, 0.25) is 0 Å². The van der Waals surface area contributed by atoms with Gasteiger partial charge in [0.25, 0.3) is 5.91 Å². The number of benzene rings is 4. The highest BCUT2D eigenvalue weighted by molar-refractivity contribution is 5.96. The second-order valence-electron chi connectivity index (χ2n) is 10.5. The Hall–Kier alpha value is -4.78. The second kappa shape index (κ2) is 11.9. The summed E-state index contributed by atoms with van der Waals surface area (Å²) < 4.78 is 18.6. The predicted molar refractivity (Wildman–Crippen MR) is 151 cm³/mol. The molecule has 4 rings (SSSR count). The minimum Gasteiger partial charge on any atom is -0.480 e. The monoisotopic (exact) mass is 539 g/mol. The topological polar surface area (TPSA) is 92.7 Å². The lowest BCUT2D eigenvalue weighted by Gasteiger charge is -2.19. The third-order valence-electron chi connectivity index (χ3n) is 6.49. The van der Waals surface area contributed by atoms with Crippen LogP contribution in [0.1, 0.15) is 52.6 Å². The average molecular weight is 540 g/mol. The number of esters is 1. The van der Waals surface area contributed by atoms with Crippen molar-refractivity contribution in [3.05, 3.63) is 125 Å². The van der Waals surface area contributed by atoms with Gasteiger partial charge in [-0.05, 0) is 76.2 Å². The third-order valence-corrected chi connectivity index (χ3v) is 6.49. The van der Waals surface area contributed by atoms with E-state index in [9.17, 15) is 23.9 Å². The van der Waals surface area contributed by atoms with Crippen LogP contribution in [0.3, 0.4) is 0 Å². The van der Waals surface area contributed by atoms with E-state index in [1.54, 1.807) is 72.8 Å². The van der Waals surface area contributed by atoms with Gasteiger partial charge in [-0.25, -0.2) is 14.0 Å². The molecule has 204 valence electrons. The lowest BCUT2D eigenvalue weighted by molar-refractivity contribution is -0.139. The highest BCUT2D eigenvalue weighted by atomic mass is 19.1. The Balaban J connectivity index is 1.35. The van der Waals surface area contributed by atoms with E-state index in [0.29, 0.717) is 22.4 Å². The van der Waals surface area contributed by atoms with Crippen LogP contribution in [0.15, 0.2) is 97.1 Å². The standard InChI is InChI=1S/C33H30FNO5/c1-33(2,3)26-14-10-24(11-15-26)30(36)35-29(31(37)38)20-21-4-18-28(19-5-21)40-32(39)25-8-6-22(7-9-25)23-12-16-27(34)17-13-23/h4-19,29H,20H2,1-3H3,(H,35,36)(H,37,38)/t29-/m0/s1. The number of nitrogens with one attached hydrogen (secondary N) is 1. The molecule has 0 aromatic heterocycles. The van der Waals surface area contributed by atoms with Gasteiger partial charge in [-0.3, -0.25) is 4.79 Å². The molecule has 0 heterocycles. The van der Waals surface area contributed by atoms with Gasteiger partial charge in [-0.1, -0.05) is 69.3 Å². The number of carbonyl (C=O) groups excluding carboxylic acids is 2. The predicted octanol–water partition coefficient (Wildman–Crippen LogP) is 6.44. The van der Waals surface area contributed by atoms with Gasteiger partial charge in [-0.2, -0.15) is 0 Å². The number of carbonyl (C=O) groups is 3. The maximum atomic E-state index is 13.2. The quantitative estimate of drug-likeness (QED) is 0.199. The number of rotatable bonds is 8. The highest BCUT2D eigenvalue weighted by Gasteiger charge is 2.22. The first-order valence-electron chi connectivity index (χ1n) is 12.8. The second-order valence-corrected chi connectivity index (χ2v) is 10.5. The Bertz CT molecular complexity index is 1490. The van der Waals surface area contributed by atoms with Crippen molar-refractivity contribution in [3.63, 3.8) is 0 Å². The minimum absolute atomic E-state index is 0.0558. The van der Waals surface area contributed by atoms with Crippen LogP contribution < -0.4 is 10.1 Å². The Morgan fingerprint density at radius 3 is 1.82 bits per heavy atom. The summed E-state index contributed by atoms with van der Waals surface area (Å²) in [5.41, 5.74) is 4.05. The smallest absolute Gasteiger partial charge is 0.343 e. The van der Waals surface area contributed by atoms with Gasteiger partial charge in [0.2, 0.25) is 0 Å². The molecular weight excluding hydrogens is 509 g/mol. The summed E-state index contributed by atoms with van der Waals surface area (Å²) in [6.45, 7) is 6.22. The molecule has 4 aromatic carbocycles. The molecule has 1 atom stereocenters. The third kappa shape index (κ3) is 7.20. The van der Waals surface area contributed by atoms with Gasteiger partial charge < -0.3 is 15.2 Å². The largest absolute Gasteiger partial charge is 0.480 e. The molecule has 0 aliphatic carbocycles. The zero-order valence-electron chi connectivity index (χ0n) is 22.5. The molecule has 4 aromatic rings. The Kier molecular flexibility index (Phi) is 8.43. The molecule has 0 radical (unpaired) electrons. The van der Waals surface area contributed by atoms with E-state index in [0.717, 1.165) is 16.7 Å². The number of carboxylic acid groups (broad SMARTS) is 1. The summed E-state index contributed by atoms with van der Waals surface area (Å²) in [5, 5.41) is 12.3. The average Bonchev–Trinajstić information content (AvgIpc) is 2.93. The Morgan fingerprint density at radius 1 is 0.775 bits per heavy atom. The molecule has 6 nitrogen and oxygen atoms in total. The van der Waals surface area contributed by atoms with E-state index in [1.165, 1.54) is 12.1 Å². The van der Waals surface area contributed by atoms with Crippen molar-refractivity contribution in [2.75, 3.05) is 0 Å². The van der Waals surface area contributed by atoms with Crippen molar-refractivity contribution in [2.45, 2.75) is 38.6 Å². The number of aliphatic carboxylic acids is 1. The molecule has 0 saturated carbocycles. The molecule has 0 aliphatic heterocycles. The van der Waals surface area contributed by atoms with Gasteiger partial charge in [0.15, 0.2) is 0 Å². The maximum absolute atomic E-state index is 13.2. The molecule has 0 saturated heterocycles. The first kappa shape index (κ1) is 28.2. The normalized spacial score (nSPS) is 11.9. The van der Waals surface area contributed by atoms with Gasteiger partial charge in [0, 0.05) is 12.0 Å². The van der Waals surface area contributed by atoms with Crippen molar-refractivity contribution in [1.82, 2.24) is 5.32 Å². The molecule has 2 N–H and O–H groups in total. The molecule has 0 bridgehead atoms. The van der Waals surface area contributed by atoms with Crippen molar-refractivity contribution >= 4 is 17.8 Å². The van der Waals surface area contributed by atoms with Gasteiger partial charge >= 0.3 is 11.9 Å². The van der Waals surface area contributed by atoms with Crippen molar-refractivity contribution in [2.24, 2.45) is 0 Å². The number of ether oxygens (including phenoxy) is 1. The fraction of sp³-hybridized carbons (Fsp3) is 0.182. The number of carboxylic acids is 1. The Labute approximate surface area is 232 Å². The van der Waals surface area contributed by atoms with Crippen LogP contribution in [0, 0.1) is 5.82 Å². The summed E-state index contributed by atoms with van der Waals surface area (Å²) >= 11 is 0. The molecule has 0 fully saturated rings. The van der Waals surface area contributed by atoms with Crippen LogP contribution >= 0.6 is 0 Å². The molecule has 0 spiro atoms. The van der Waals surface area contributed by atoms with E-state index < -0.39 is 23.9 Å². The fourth-order valence-electron chi connectivity index (χ4n) is 4.10. The summed E-state index contributed by atoms with van der Waals surface area (Å²) in [5.74, 6) is -2.19. The summed E-state index contributed by atoms with van der Waals surface area (Å²) in [6.07, 6.45) is 0.0558. The summed E-state index contributed by atoms with van der Waals surface area (Å²) in [7, 11) is 0. The Morgan fingerprint density at radius 2 is 1.30 bits per heavy atom. The van der Waals surface area contributed by atoms with Crippen LogP contribution in [0.4, 0.5) is 4.39 Å². The molecule has 0 aliphatic rings. The van der Waals surface area contributed by atoms with E-state index in [4.69, 9.17) is 4.74 Å². The van der Waals surface area contributed by atoms with Crippen LogP contribution in [0.25, 0.3) is 11.1 Å². The fourth-order valence-corrected chi connectivity index (χ4v) is 4.10. The molecule has 1 amide bonds. The first-order valence-corrected chi connectivity index (χ1v) is 12.8. The van der Waals surface area contributed by atoms with Gasteiger partial charge in [0.1, 0.15) is 17.6 Å². The number of halogens is 1. The van der Waals surface area contributed by atoms with E-state index >= 15 is 0 Å². The van der Waals surface area contributed by atoms with Crippen molar-refractivity contribution in [1.29, 1.82) is 0 Å². The molecule has 0 unspecified atom stereocenters. The van der Waals surface area contributed by atoms with Crippen LogP contribution in [-0.2, 0) is 16.6 Å². The van der Waals surface area contributed by atoms with E-state index in [1.807, 2.05) is 12.1 Å². The SMILES string of the molecule is CC(C)(C)c1ccc(C(=O)N[C@@H](Cc2ccc(OC(=O)c3ccc(-c4ccc(F)cc4)cc3)cc2)C(=O)O)cc1. The van der Waals surface area contributed by atoms with Crippen LogP contribution in [0.5, 0.6) is 5.75 Å². The van der Waals surface area contributed by atoms with Gasteiger partial charge in [0.05, 0.1) is 5.56 Å². The lowest BCUT2D eigenvalue weighted by Crippen LogP contribution is -2.42. The first-order chi connectivity index (χ1) is 19.0. The van der Waals surface area contributed by atoms with Crippen molar-refractivity contribution < 1.29 is 28.6 Å². The summed E-state index contributed by atoms with van der Waals surface area (Å²) in [4.78, 5) is 37.1. The number of hydrogen-bond acceptors (Lipinski definition) is 4. The maximum Gasteiger partial charge on any atom is 0.343 e. The zero-order valence-corrected chi connectivity index (χ0v) is 22.5. The number of hydrogen-bond donors (Lipinski definition) is 2. The van der Waals surface area contributed by atoms with Crippen LogP contribution in [-0.4, -0.2) is 29.0 Å². The van der Waals surface area contributed by atoms with E-state index in [-0.39, 0.29) is 17.7 Å².